The second-order valence-corrected chi connectivity index (χ2v) is 6.44. The van der Waals surface area contributed by atoms with Crippen molar-refractivity contribution in [2.24, 2.45) is 23.7 Å². The van der Waals surface area contributed by atoms with Gasteiger partial charge in [-0.2, -0.15) is 0 Å². The Balaban J connectivity index is 1.68. The van der Waals surface area contributed by atoms with Gasteiger partial charge >= 0.3 is 0 Å². The molecule has 0 nitrogen and oxygen atoms in total. The van der Waals surface area contributed by atoms with Crippen LogP contribution in [0, 0.1) is 23.7 Å². The van der Waals surface area contributed by atoms with Gasteiger partial charge in [0.2, 0.25) is 0 Å². The van der Waals surface area contributed by atoms with Crippen molar-refractivity contribution in [2.75, 3.05) is 0 Å². The maximum Gasteiger partial charge on any atom is -0.0157 e. The van der Waals surface area contributed by atoms with Crippen LogP contribution in [0.3, 0.4) is 0 Å². The highest BCUT2D eigenvalue weighted by Gasteiger charge is 2.45. The molecule has 4 atom stereocenters. The number of fused-ring (bicyclic) bond motifs is 4. The molecule has 4 bridgehead atoms. The second kappa shape index (κ2) is 2.91. The van der Waals surface area contributed by atoms with E-state index in [0.29, 0.717) is 0 Å². The van der Waals surface area contributed by atoms with Crippen molar-refractivity contribution >= 4 is 0 Å². The number of rotatable bonds is 0. The molecule has 0 aromatic carbocycles. The van der Waals surface area contributed by atoms with Crippen LogP contribution in [0.5, 0.6) is 0 Å². The zero-order chi connectivity index (χ0) is 10.9. The topological polar surface area (TPSA) is 0 Å². The van der Waals surface area contributed by atoms with Gasteiger partial charge in [0.15, 0.2) is 0 Å². The first-order valence-electron chi connectivity index (χ1n) is 6.79. The maximum absolute atomic E-state index is 4.22. The Kier molecular flexibility index (Phi) is 1.69. The van der Waals surface area contributed by atoms with Gasteiger partial charge < -0.3 is 0 Å². The molecule has 0 N–H and O–H groups in total. The first-order chi connectivity index (χ1) is 7.72. The maximum atomic E-state index is 4.22. The summed E-state index contributed by atoms with van der Waals surface area (Å²) < 4.78 is 0. The Bertz CT molecular complexity index is 383. The predicted octanol–water partition coefficient (Wildman–Crippen LogP) is 4.26. The Labute approximate surface area is 98.1 Å². The monoisotopic (exact) mass is 212 g/mol. The van der Waals surface area contributed by atoms with E-state index in [4.69, 9.17) is 0 Å². The van der Waals surface area contributed by atoms with Crippen LogP contribution in [-0.2, 0) is 0 Å². The van der Waals surface area contributed by atoms with E-state index in [1.54, 1.807) is 11.1 Å². The third kappa shape index (κ3) is 1.06. The zero-order valence-corrected chi connectivity index (χ0v) is 9.97. The van der Waals surface area contributed by atoms with Gasteiger partial charge in [-0.1, -0.05) is 35.5 Å². The van der Waals surface area contributed by atoms with Gasteiger partial charge in [0.05, 0.1) is 0 Å². The average molecular weight is 212 g/mol. The van der Waals surface area contributed by atoms with Gasteiger partial charge in [-0.05, 0) is 62.2 Å². The van der Waals surface area contributed by atoms with Crippen LogP contribution < -0.4 is 0 Å². The van der Waals surface area contributed by atoms with Crippen LogP contribution >= 0.6 is 0 Å². The van der Waals surface area contributed by atoms with Gasteiger partial charge in [0, 0.05) is 0 Å². The van der Waals surface area contributed by atoms with E-state index >= 15 is 0 Å². The van der Waals surface area contributed by atoms with Crippen LogP contribution in [0.15, 0.2) is 35.5 Å². The lowest BCUT2D eigenvalue weighted by atomic mass is 9.81. The second-order valence-electron chi connectivity index (χ2n) is 6.44. The number of hydrogen-bond acceptors (Lipinski definition) is 0. The Morgan fingerprint density at radius 2 is 1.06 bits per heavy atom. The summed E-state index contributed by atoms with van der Waals surface area (Å²) in [5.41, 5.74) is 6.83. The number of hydrogen-bond donors (Lipinski definition) is 0. The molecule has 4 fully saturated rings. The van der Waals surface area contributed by atoms with Crippen molar-refractivity contribution in [3.05, 3.63) is 35.5 Å². The third-order valence-electron chi connectivity index (χ3n) is 5.64. The smallest absolute Gasteiger partial charge is 0.0157 e. The molecule has 0 spiro atoms. The summed E-state index contributed by atoms with van der Waals surface area (Å²) in [6, 6.07) is 0. The van der Waals surface area contributed by atoms with Crippen molar-refractivity contribution in [1.82, 2.24) is 0 Å². The van der Waals surface area contributed by atoms with E-state index in [9.17, 15) is 0 Å². The van der Waals surface area contributed by atoms with Crippen LogP contribution in [0.1, 0.15) is 38.5 Å². The molecular formula is C16H20. The summed E-state index contributed by atoms with van der Waals surface area (Å²) >= 11 is 0. The van der Waals surface area contributed by atoms with Crippen molar-refractivity contribution in [2.45, 2.75) is 38.5 Å². The van der Waals surface area contributed by atoms with Crippen molar-refractivity contribution in [1.29, 1.82) is 0 Å². The molecule has 0 aliphatic heterocycles. The molecule has 0 saturated heterocycles. The molecule has 84 valence electrons. The fourth-order valence-corrected chi connectivity index (χ4v) is 4.79. The highest BCUT2D eigenvalue weighted by atomic mass is 14.5. The van der Waals surface area contributed by atoms with E-state index in [2.05, 4.69) is 13.2 Å². The normalized spacial score (nSPS) is 49.8. The van der Waals surface area contributed by atoms with Crippen molar-refractivity contribution in [3.63, 3.8) is 0 Å². The molecule has 0 heterocycles. The zero-order valence-electron chi connectivity index (χ0n) is 9.97. The van der Waals surface area contributed by atoms with Crippen LogP contribution in [-0.4, -0.2) is 0 Å². The molecule has 16 heavy (non-hydrogen) atoms. The molecule has 4 aliphatic rings. The van der Waals surface area contributed by atoms with Crippen molar-refractivity contribution in [3.8, 4) is 0 Å². The summed E-state index contributed by atoms with van der Waals surface area (Å²) in [6.07, 6.45) is 8.21. The minimum Gasteiger partial charge on any atom is -0.0995 e. The van der Waals surface area contributed by atoms with E-state index in [-0.39, 0.29) is 0 Å². The predicted molar refractivity (Wildman–Crippen MR) is 67.0 cm³/mol. The van der Waals surface area contributed by atoms with Gasteiger partial charge in [-0.15, -0.1) is 0 Å². The number of allylic oxidation sites excluding steroid dienone is 4. The van der Waals surface area contributed by atoms with E-state index in [0.717, 1.165) is 23.7 Å². The molecule has 0 radical (unpaired) electrons. The summed E-state index contributed by atoms with van der Waals surface area (Å²) in [5.74, 6) is 3.52. The van der Waals surface area contributed by atoms with Gasteiger partial charge in [0.1, 0.15) is 0 Å². The van der Waals surface area contributed by atoms with Gasteiger partial charge in [-0.25, -0.2) is 0 Å². The van der Waals surface area contributed by atoms with Crippen molar-refractivity contribution < 1.29 is 0 Å². The van der Waals surface area contributed by atoms with E-state index in [1.165, 1.54) is 38.5 Å². The fraction of sp³-hybridized carbons (Fsp3) is 0.625. The first kappa shape index (κ1) is 9.27. The molecule has 0 amide bonds. The molecule has 0 heteroatoms. The third-order valence-corrected chi connectivity index (χ3v) is 5.64. The van der Waals surface area contributed by atoms with E-state index < -0.39 is 0 Å². The van der Waals surface area contributed by atoms with Crippen LogP contribution in [0.2, 0.25) is 0 Å². The molecule has 0 aromatic heterocycles. The van der Waals surface area contributed by atoms with Gasteiger partial charge in [0.25, 0.3) is 0 Å². The summed E-state index contributed by atoms with van der Waals surface area (Å²) in [6.45, 7) is 8.44. The highest BCUT2D eigenvalue weighted by Crippen LogP contribution is 2.58. The fourth-order valence-electron chi connectivity index (χ4n) is 4.79. The minimum atomic E-state index is 0.856. The Morgan fingerprint density at radius 3 is 1.31 bits per heavy atom. The average Bonchev–Trinajstić information content (AvgIpc) is 2.93. The molecule has 0 aromatic rings. The Hall–Kier alpha value is -0.780. The standard InChI is InChI=1S/C16H20/c1-9-3-13-5-11(9)7-15(13)16-8-12-6-14(16)4-10(12)2/h11-14H,1-8H2/b16-15+. The first-order valence-corrected chi connectivity index (χ1v) is 6.79. The highest BCUT2D eigenvalue weighted by molar-refractivity contribution is 5.38. The van der Waals surface area contributed by atoms with E-state index in [1.807, 2.05) is 11.1 Å². The van der Waals surface area contributed by atoms with Crippen LogP contribution in [0.25, 0.3) is 0 Å². The molecule has 4 saturated carbocycles. The molecule has 4 rings (SSSR count). The summed E-state index contributed by atoms with van der Waals surface area (Å²) in [5, 5.41) is 0. The lowest BCUT2D eigenvalue weighted by molar-refractivity contribution is 0.625. The largest absolute Gasteiger partial charge is 0.0995 e. The lowest BCUT2D eigenvalue weighted by Gasteiger charge is -2.24. The van der Waals surface area contributed by atoms with Crippen LogP contribution in [0.4, 0.5) is 0 Å². The molecule has 4 aliphatic carbocycles. The summed E-state index contributed by atoms with van der Waals surface area (Å²) in [7, 11) is 0. The summed E-state index contributed by atoms with van der Waals surface area (Å²) in [4.78, 5) is 0. The Morgan fingerprint density at radius 1 is 0.625 bits per heavy atom. The molecule has 4 unspecified atom stereocenters. The quantitative estimate of drug-likeness (QED) is 0.526. The SMILES string of the molecule is C=C1CC2CC1C/C2=C1/CC2CC1CC2=C. The minimum absolute atomic E-state index is 0.856. The molecular weight excluding hydrogens is 192 g/mol. The lowest BCUT2D eigenvalue weighted by Crippen LogP contribution is -2.09. The van der Waals surface area contributed by atoms with Gasteiger partial charge in [-0.3, -0.25) is 0 Å².